The molecule has 0 amide bonds. The van der Waals surface area contributed by atoms with Crippen LogP contribution < -0.4 is 21.0 Å². The summed E-state index contributed by atoms with van der Waals surface area (Å²) < 4.78 is 21.6. The van der Waals surface area contributed by atoms with Crippen LogP contribution in [0, 0.1) is 0 Å². The first kappa shape index (κ1) is 28.0. The lowest BCUT2D eigenvalue weighted by atomic mass is 10.2. The molecule has 196 valence electrons. The summed E-state index contributed by atoms with van der Waals surface area (Å²) in [6.07, 6.45) is 0.204. The maximum atomic E-state index is 14.7. The Balaban J connectivity index is 1.65. The highest BCUT2D eigenvalue weighted by Gasteiger charge is 2.50. The first-order valence-electron chi connectivity index (χ1n) is 13.2. The molecule has 0 N–H and O–H groups in total. The third-order valence-corrected chi connectivity index (χ3v) is 15.9. The lowest BCUT2D eigenvalue weighted by Gasteiger charge is -2.43. The summed E-state index contributed by atoms with van der Waals surface area (Å²) in [5, 5.41) is 3.60. The average molecular weight is 541 g/mol. The van der Waals surface area contributed by atoms with Crippen LogP contribution in [0.5, 0.6) is 0 Å². The molecule has 5 heteroatoms. The highest BCUT2D eigenvalue weighted by molar-refractivity contribution is 7.80. The van der Waals surface area contributed by atoms with Gasteiger partial charge in [-0.05, 0) is 22.3 Å². The van der Waals surface area contributed by atoms with Crippen molar-refractivity contribution in [3.63, 3.8) is 0 Å². The topological polar surface area (TPSA) is 43.4 Å². The van der Waals surface area contributed by atoms with Gasteiger partial charge in [0, 0.05) is 23.6 Å². The molecule has 0 aliphatic rings. The second-order valence-electron chi connectivity index (χ2n) is 10.7. The third kappa shape index (κ3) is 5.40. The lowest BCUT2D eigenvalue weighted by molar-refractivity contribution is -0.118. The van der Waals surface area contributed by atoms with Gasteiger partial charge in [-0.3, -0.25) is 4.79 Å². The molecular formula is C33H37O3PSi. The number of hydrogen-bond acceptors (Lipinski definition) is 3. The van der Waals surface area contributed by atoms with E-state index in [4.69, 9.17) is 4.43 Å². The number of hydrogen-bond donors (Lipinski definition) is 0. The van der Waals surface area contributed by atoms with E-state index in [0.717, 1.165) is 0 Å². The highest BCUT2D eigenvalue weighted by Crippen LogP contribution is 2.49. The first-order valence-corrected chi connectivity index (χ1v) is 16.9. The van der Waals surface area contributed by atoms with Crippen LogP contribution in [0.3, 0.4) is 0 Å². The molecule has 4 aromatic carbocycles. The molecule has 0 saturated heterocycles. The molecule has 1 unspecified atom stereocenters. The van der Waals surface area contributed by atoms with Gasteiger partial charge in [-0.1, -0.05) is 142 Å². The zero-order valence-electron chi connectivity index (χ0n) is 22.7. The minimum Gasteiger partial charge on any atom is -0.407 e. The van der Waals surface area contributed by atoms with Gasteiger partial charge in [-0.15, -0.1) is 0 Å². The Morgan fingerprint density at radius 1 is 0.711 bits per heavy atom. The zero-order valence-corrected chi connectivity index (χ0v) is 24.6. The Hall–Kier alpha value is -3.04. The van der Waals surface area contributed by atoms with Gasteiger partial charge >= 0.3 is 0 Å². The second kappa shape index (κ2) is 11.8. The van der Waals surface area contributed by atoms with Gasteiger partial charge < -0.3 is 8.99 Å². The summed E-state index contributed by atoms with van der Waals surface area (Å²) in [6.45, 7) is 8.76. The predicted molar refractivity (Wildman–Crippen MR) is 162 cm³/mol. The minimum atomic E-state index is -3.19. The normalized spacial score (nSPS) is 13.2. The maximum Gasteiger partial charge on any atom is 0.261 e. The van der Waals surface area contributed by atoms with Crippen LogP contribution in [-0.2, 0) is 13.8 Å². The molecule has 3 nitrogen and oxygen atoms in total. The fourth-order valence-electron chi connectivity index (χ4n) is 5.37. The highest BCUT2D eigenvalue weighted by atomic mass is 31.2. The van der Waals surface area contributed by atoms with Crippen molar-refractivity contribution in [1.29, 1.82) is 0 Å². The molecule has 0 bridgehead atoms. The molecule has 0 fully saturated rings. The Morgan fingerprint density at radius 2 is 1.08 bits per heavy atom. The first-order chi connectivity index (χ1) is 18.2. The van der Waals surface area contributed by atoms with E-state index in [1.54, 1.807) is 0 Å². The van der Waals surface area contributed by atoms with E-state index in [0.29, 0.717) is 10.6 Å². The Labute approximate surface area is 228 Å². The summed E-state index contributed by atoms with van der Waals surface area (Å²) in [7, 11) is -5.94. The summed E-state index contributed by atoms with van der Waals surface area (Å²) in [6, 6.07) is 39.7. The van der Waals surface area contributed by atoms with Crippen molar-refractivity contribution in [2.24, 2.45) is 0 Å². The fraction of sp³-hybridized carbons (Fsp3) is 0.242. The van der Waals surface area contributed by atoms with Crippen LogP contribution in [0.2, 0.25) is 5.04 Å². The zero-order chi connectivity index (χ0) is 27.2. The molecule has 4 aromatic rings. The molecule has 0 aliphatic carbocycles. The van der Waals surface area contributed by atoms with Gasteiger partial charge in [0.05, 0.1) is 5.66 Å². The molecule has 0 aromatic heterocycles. The van der Waals surface area contributed by atoms with E-state index >= 15 is 0 Å². The van der Waals surface area contributed by atoms with Crippen molar-refractivity contribution in [3.8, 4) is 0 Å². The number of carbonyl (C=O) groups is 1. The van der Waals surface area contributed by atoms with Crippen molar-refractivity contribution >= 4 is 42.2 Å². The molecule has 0 aliphatic heterocycles. The standard InChI is InChI=1S/C33H37O3PSi/c1-27(37(35,28-17-9-5-10-18-28)29-19-11-6-12-20-29)32(34)25-26-36-38(33(2,3)4,30-21-13-7-14-22-30)31-23-15-8-16-24-31/h5-24,27H,25-26H2,1-4H3. The van der Waals surface area contributed by atoms with E-state index in [1.165, 1.54) is 10.4 Å². The van der Waals surface area contributed by atoms with E-state index in [-0.39, 0.29) is 23.8 Å². The summed E-state index contributed by atoms with van der Waals surface area (Å²) in [5.41, 5.74) is -0.657. The van der Waals surface area contributed by atoms with Crippen LogP contribution in [0.1, 0.15) is 34.1 Å². The second-order valence-corrected chi connectivity index (χ2v) is 18.2. The quantitative estimate of drug-likeness (QED) is 0.185. The summed E-state index contributed by atoms with van der Waals surface area (Å²) >= 11 is 0. The number of ketones is 1. The van der Waals surface area contributed by atoms with Gasteiger partial charge in [0.1, 0.15) is 5.78 Å². The van der Waals surface area contributed by atoms with Crippen LogP contribution in [0.4, 0.5) is 0 Å². The lowest BCUT2D eigenvalue weighted by Crippen LogP contribution is -2.66. The fourth-order valence-corrected chi connectivity index (χ4v) is 12.9. The molecule has 0 spiro atoms. The van der Waals surface area contributed by atoms with Gasteiger partial charge in [0.25, 0.3) is 8.32 Å². The van der Waals surface area contributed by atoms with Crippen molar-refractivity contribution < 1.29 is 13.8 Å². The van der Waals surface area contributed by atoms with E-state index < -0.39 is 21.1 Å². The van der Waals surface area contributed by atoms with Crippen LogP contribution in [0.25, 0.3) is 0 Å². The van der Waals surface area contributed by atoms with Crippen LogP contribution in [-0.4, -0.2) is 26.4 Å². The molecule has 4 rings (SSSR count). The van der Waals surface area contributed by atoms with E-state index in [2.05, 4.69) is 69.3 Å². The Morgan fingerprint density at radius 3 is 1.45 bits per heavy atom. The van der Waals surface area contributed by atoms with E-state index in [1.807, 2.05) is 79.7 Å². The minimum absolute atomic E-state index is 0.0426. The van der Waals surface area contributed by atoms with Gasteiger partial charge in [0.2, 0.25) is 0 Å². The molecule has 1 atom stereocenters. The molecule has 0 radical (unpaired) electrons. The third-order valence-electron chi connectivity index (χ3n) is 7.37. The number of carbonyl (C=O) groups excluding carboxylic acids is 1. The number of Topliss-reactive ketones (excluding diaryl/α,β-unsaturated/α-hetero) is 1. The molecule has 0 saturated carbocycles. The molecular weight excluding hydrogens is 503 g/mol. The number of benzene rings is 4. The van der Waals surface area contributed by atoms with Gasteiger partial charge in [-0.25, -0.2) is 0 Å². The molecule has 0 heterocycles. The Bertz CT molecular complexity index is 1280. The van der Waals surface area contributed by atoms with Gasteiger partial charge in [0.15, 0.2) is 7.14 Å². The smallest absolute Gasteiger partial charge is 0.261 e. The van der Waals surface area contributed by atoms with Crippen molar-refractivity contribution in [2.75, 3.05) is 6.61 Å². The van der Waals surface area contributed by atoms with Crippen LogP contribution in [0.15, 0.2) is 121 Å². The summed E-state index contributed by atoms with van der Waals surface area (Å²) in [5.74, 6) is -0.0426. The monoisotopic (exact) mass is 540 g/mol. The van der Waals surface area contributed by atoms with Crippen molar-refractivity contribution in [1.82, 2.24) is 0 Å². The predicted octanol–water partition coefficient (Wildman–Crippen LogP) is 5.92. The average Bonchev–Trinajstić information content (AvgIpc) is 2.95. The maximum absolute atomic E-state index is 14.7. The number of rotatable bonds is 10. The largest absolute Gasteiger partial charge is 0.407 e. The van der Waals surface area contributed by atoms with E-state index in [9.17, 15) is 9.36 Å². The van der Waals surface area contributed by atoms with Crippen molar-refractivity contribution in [3.05, 3.63) is 121 Å². The van der Waals surface area contributed by atoms with Crippen LogP contribution >= 0.6 is 7.14 Å². The van der Waals surface area contributed by atoms with Crippen molar-refractivity contribution in [2.45, 2.75) is 44.8 Å². The summed E-state index contributed by atoms with van der Waals surface area (Å²) in [4.78, 5) is 13.7. The molecule has 38 heavy (non-hydrogen) atoms. The Kier molecular flexibility index (Phi) is 8.67. The SMILES string of the molecule is CC(C(=O)CCO[Si](c1ccccc1)(c1ccccc1)C(C)(C)C)P(=O)(c1ccccc1)c1ccccc1. The van der Waals surface area contributed by atoms with Gasteiger partial charge in [-0.2, -0.15) is 0 Å².